The number of rotatable bonds is 12. The zero-order valence-corrected chi connectivity index (χ0v) is 35.6. The maximum atomic E-state index is 13.7. The van der Waals surface area contributed by atoms with Gasteiger partial charge in [0, 0.05) is 25.3 Å². The Balaban J connectivity index is 1.46. The van der Waals surface area contributed by atoms with Gasteiger partial charge in [0.15, 0.2) is 6.10 Å². The van der Waals surface area contributed by atoms with Crippen LogP contribution in [0.1, 0.15) is 84.1 Å². The first kappa shape index (κ1) is 46.5. The van der Waals surface area contributed by atoms with Crippen molar-refractivity contribution in [2.24, 2.45) is 17.8 Å². The van der Waals surface area contributed by atoms with E-state index >= 15 is 0 Å². The van der Waals surface area contributed by atoms with Crippen LogP contribution in [0.5, 0.6) is 5.75 Å². The van der Waals surface area contributed by atoms with Gasteiger partial charge in [0.25, 0.3) is 0 Å². The molecule has 4 rings (SSSR count). The molecule has 0 aromatic heterocycles. The highest BCUT2D eigenvalue weighted by Crippen LogP contribution is 2.45. The van der Waals surface area contributed by atoms with E-state index in [0.29, 0.717) is 21.9 Å². The molecule has 0 aliphatic carbocycles. The Labute approximate surface area is 350 Å². The van der Waals surface area contributed by atoms with Gasteiger partial charge in [-0.3, -0.25) is 19.2 Å². The van der Waals surface area contributed by atoms with E-state index in [1.54, 1.807) is 64.1 Å². The number of amides is 3. The summed E-state index contributed by atoms with van der Waals surface area (Å²) in [5, 5.41) is 8.17. The summed E-state index contributed by atoms with van der Waals surface area (Å²) >= 11 is 6.33. The van der Waals surface area contributed by atoms with Gasteiger partial charge in [0.2, 0.25) is 11.8 Å². The van der Waals surface area contributed by atoms with Crippen molar-refractivity contribution >= 4 is 47.4 Å². The molecule has 2 aliphatic rings. The summed E-state index contributed by atoms with van der Waals surface area (Å²) in [6, 6.07) is 11.3. The first-order valence-electron chi connectivity index (χ1n) is 19.7. The zero-order chi connectivity index (χ0) is 43.4. The summed E-state index contributed by atoms with van der Waals surface area (Å²) in [5.74, 6) is -3.87. The number of hydrogen-bond acceptors (Lipinski definition) is 12. The first-order valence-corrected chi connectivity index (χ1v) is 20.1. The average molecular weight is 842 g/mol. The number of ether oxygens (including phenoxy) is 6. The van der Waals surface area contributed by atoms with Crippen molar-refractivity contribution in [3.8, 4) is 5.75 Å². The van der Waals surface area contributed by atoms with Crippen LogP contribution in [0.2, 0.25) is 5.02 Å². The van der Waals surface area contributed by atoms with Crippen molar-refractivity contribution in [1.82, 2.24) is 16.0 Å². The maximum Gasteiger partial charge on any atom is 0.408 e. The first-order chi connectivity index (χ1) is 27.8. The number of carbonyl (C=O) groups excluding carboxylic acids is 6. The van der Waals surface area contributed by atoms with Gasteiger partial charge < -0.3 is 44.4 Å². The third-order valence-electron chi connectivity index (χ3n) is 9.50. The van der Waals surface area contributed by atoms with E-state index in [0.717, 1.165) is 5.56 Å². The molecular formula is C43H56ClN3O12. The molecule has 2 heterocycles. The van der Waals surface area contributed by atoms with Gasteiger partial charge in [-0.25, -0.2) is 9.59 Å². The van der Waals surface area contributed by atoms with Gasteiger partial charge in [-0.1, -0.05) is 75.7 Å². The molecule has 16 heteroatoms. The molecule has 59 heavy (non-hydrogen) atoms. The zero-order valence-electron chi connectivity index (χ0n) is 34.8. The van der Waals surface area contributed by atoms with Crippen LogP contribution in [0, 0.1) is 17.8 Å². The Kier molecular flexibility index (Phi) is 16.7. The molecule has 0 radical (unpaired) electrons. The minimum atomic E-state index is -1.20. The Morgan fingerprint density at radius 1 is 0.983 bits per heavy atom. The van der Waals surface area contributed by atoms with Gasteiger partial charge in [-0.05, 0) is 68.0 Å². The highest BCUT2D eigenvalue weighted by molar-refractivity contribution is 6.32. The Morgan fingerprint density at radius 3 is 2.32 bits per heavy atom. The Bertz CT molecular complexity index is 1840. The molecule has 2 aromatic rings. The van der Waals surface area contributed by atoms with Gasteiger partial charge in [0.05, 0.1) is 24.2 Å². The van der Waals surface area contributed by atoms with E-state index in [1.165, 1.54) is 13.2 Å². The molecule has 0 spiro atoms. The Morgan fingerprint density at radius 2 is 1.68 bits per heavy atom. The van der Waals surface area contributed by atoms with Crippen LogP contribution >= 0.6 is 11.6 Å². The number of carbonyl (C=O) groups is 6. The minimum Gasteiger partial charge on any atom is -0.495 e. The van der Waals surface area contributed by atoms with Crippen molar-refractivity contribution in [2.75, 3.05) is 20.2 Å². The van der Waals surface area contributed by atoms with E-state index in [9.17, 15) is 28.8 Å². The van der Waals surface area contributed by atoms with Gasteiger partial charge in [-0.15, -0.1) is 0 Å². The molecule has 3 N–H and O–H groups in total. The fourth-order valence-electron chi connectivity index (χ4n) is 6.22. The molecule has 15 nitrogen and oxygen atoms in total. The lowest BCUT2D eigenvalue weighted by Gasteiger charge is -2.27. The van der Waals surface area contributed by atoms with Gasteiger partial charge in [-0.2, -0.15) is 0 Å². The summed E-state index contributed by atoms with van der Waals surface area (Å²) in [7, 11) is 1.49. The molecule has 2 aliphatic heterocycles. The Hall–Kier alpha value is -5.15. The van der Waals surface area contributed by atoms with Crippen LogP contribution in [-0.2, 0) is 60.7 Å². The fourth-order valence-corrected chi connectivity index (χ4v) is 6.50. The summed E-state index contributed by atoms with van der Waals surface area (Å²) in [5.41, 5.74) is 1.53. The molecule has 7 atom stereocenters. The molecule has 322 valence electrons. The lowest BCUT2D eigenvalue weighted by atomic mass is 9.93. The van der Waals surface area contributed by atoms with E-state index in [1.807, 2.05) is 32.9 Å². The maximum absolute atomic E-state index is 13.7. The third kappa shape index (κ3) is 14.9. The smallest absolute Gasteiger partial charge is 0.408 e. The number of cyclic esters (lactones) is 2. The number of halogens is 1. The monoisotopic (exact) mass is 841 g/mol. The van der Waals surface area contributed by atoms with Crippen LogP contribution < -0.4 is 20.7 Å². The van der Waals surface area contributed by atoms with Crippen molar-refractivity contribution in [3.05, 3.63) is 76.3 Å². The fraction of sp³-hybridized carbons (Fsp3) is 0.535. The summed E-state index contributed by atoms with van der Waals surface area (Å²) in [6.07, 6.45) is -0.119. The predicted molar refractivity (Wildman–Crippen MR) is 216 cm³/mol. The highest BCUT2D eigenvalue weighted by atomic mass is 35.5. The van der Waals surface area contributed by atoms with Crippen LogP contribution in [0.3, 0.4) is 0 Å². The average Bonchev–Trinajstić information content (AvgIpc) is 3.97. The van der Waals surface area contributed by atoms with E-state index < -0.39 is 65.6 Å². The largest absolute Gasteiger partial charge is 0.495 e. The quantitative estimate of drug-likeness (QED) is 0.142. The predicted octanol–water partition coefficient (Wildman–Crippen LogP) is 5.30. The van der Waals surface area contributed by atoms with Gasteiger partial charge >= 0.3 is 24.0 Å². The molecule has 1 fully saturated rings. The number of esters is 3. The number of epoxide rings is 1. The SMILES string of the molecule is COc1ccc(C[C@H]2NC(=O)/C=C/C[C@@H]([C@H](C)[C@H]3O[C@@H]3c3ccc(COC(=O)CNC(=O)OC(C)(C)C)cc3)OC(=O)[C@H](CC(C)C)OC(=O)[C@H](C)CNC2=O)cc1Cl. The minimum absolute atomic E-state index is 0.0133. The molecule has 3 amide bonds. The molecule has 0 saturated carbocycles. The summed E-state index contributed by atoms with van der Waals surface area (Å²) in [4.78, 5) is 77.6. The van der Waals surface area contributed by atoms with E-state index in [2.05, 4.69) is 16.0 Å². The molecular weight excluding hydrogens is 786 g/mol. The number of methoxy groups -OCH3 is 1. The van der Waals surface area contributed by atoms with Crippen molar-refractivity contribution < 1.29 is 57.2 Å². The summed E-state index contributed by atoms with van der Waals surface area (Å²) < 4.78 is 33.5. The topological polar surface area (TPSA) is 197 Å². The van der Waals surface area contributed by atoms with E-state index in [4.69, 9.17) is 40.0 Å². The number of nitrogens with one attached hydrogen (secondary N) is 3. The lowest BCUT2D eigenvalue weighted by Crippen LogP contribution is -2.49. The van der Waals surface area contributed by atoms with Crippen LogP contribution in [0.4, 0.5) is 4.79 Å². The molecule has 0 bridgehead atoms. The second-order valence-corrected chi connectivity index (χ2v) is 16.6. The number of alkyl carbamates (subject to hydrolysis) is 1. The van der Waals surface area contributed by atoms with Crippen LogP contribution in [-0.4, -0.2) is 86.0 Å². The second kappa shape index (κ2) is 21.2. The summed E-state index contributed by atoms with van der Waals surface area (Å²) in [6.45, 7) is 11.9. The van der Waals surface area contributed by atoms with E-state index in [-0.39, 0.29) is 63.0 Å². The van der Waals surface area contributed by atoms with Crippen LogP contribution in [0.25, 0.3) is 0 Å². The number of hydrogen-bond donors (Lipinski definition) is 3. The van der Waals surface area contributed by atoms with Gasteiger partial charge in [0.1, 0.15) is 42.8 Å². The second-order valence-electron chi connectivity index (χ2n) is 16.2. The third-order valence-corrected chi connectivity index (χ3v) is 9.80. The molecule has 2 aromatic carbocycles. The molecule has 1 saturated heterocycles. The van der Waals surface area contributed by atoms with Crippen molar-refractivity contribution in [3.63, 3.8) is 0 Å². The standard InChI is InChI=1S/C43H56ClN3O12/c1-24(2)18-34-41(52)56-32(26(4)37-38(58-37)29-15-12-27(13-16-29)23-55-36(49)22-46-42(53)59-43(5,6)7)10-9-11-35(48)47-31(39(50)45-21-25(3)40(51)57-34)20-28-14-17-33(54-8)30(44)19-28/h9,11-17,19,24-26,31-32,34,37-38H,10,18,20-23H2,1-8H3,(H,45,50)(H,46,53)(H,47,48)/b11-9+/t25-,26+,31-,32+,34+,37-,38-/m1/s1. The lowest BCUT2D eigenvalue weighted by molar-refractivity contribution is -0.176. The van der Waals surface area contributed by atoms with Crippen molar-refractivity contribution in [2.45, 2.75) is 110 Å². The van der Waals surface area contributed by atoms with Crippen LogP contribution in [0.15, 0.2) is 54.6 Å². The van der Waals surface area contributed by atoms with Crippen molar-refractivity contribution in [1.29, 1.82) is 0 Å². The number of benzene rings is 2. The highest BCUT2D eigenvalue weighted by Gasteiger charge is 2.48. The normalized spacial score (nSPS) is 24.1. The molecule has 0 unspecified atom stereocenters.